The molecule has 9 heteroatoms. The lowest BCUT2D eigenvalue weighted by Gasteiger charge is -2.10. The van der Waals surface area contributed by atoms with Crippen LogP contribution in [0.2, 0.25) is 0 Å². The van der Waals surface area contributed by atoms with Gasteiger partial charge in [-0.1, -0.05) is 15.9 Å². The minimum atomic E-state index is -3.94. The molecular formula is C15H14BrFN2O4S. The summed E-state index contributed by atoms with van der Waals surface area (Å²) in [5, 5.41) is 2.40. The first kappa shape index (κ1) is 18.2. The molecule has 0 fully saturated rings. The van der Waals surface area contributed by atoms with E-state index in [1.165, 1.54) is 43.4 Å². The van der Waals surface area contributed by atoms with Crippen molar-refractivity contribution in [1.82, 2.24) is 5.32 Å². The van der Waals surface area contributed by atoms with Crippen LogP contribution in [0.3, 0.4) is 0 Å². The van der Waals surface area contributed by atoms with Gasteiger partial charge in [0.2, 0.25) is 0 Å². The van der Waals surface area contributed by atoms with E-state index in [0.717, 1.165) is 6.07 Å². The fourth-order valence-corrected chi connectivity index (χ4v) is 3.11. The molecule has 2 aromatic rings. The minimum absolute atomic E-state index is 0.0582. The molecule has 0 aliphatic rings. The topological polar surface area (TPSA) is 84.5 Å². The van der Waals surface area contributed by atoms with E-state index in [2.05, 4.69) is 26.0 Å². The Labute approximate surface area is 147 Å². The first-order valence-corrected chi connectivity index (χ1v) is 9.01. The van der Waals surface area contributed by atoms with Gasteiger partial charge in [0.15, 0.2) is 6.61 Å². The van der Waals surface area contributed by atoms with E-state index < -0.39 is 15.8 Å². The number of sulfonamides is 1. The van der Waals surface area contributed by atoms with Gasteiger partial charge >= 0.3 is 0 Å². The fraction of sp³-hybridized carbons (Fsp3) is 0.133. The van der Waals surface area contributed by atoms with Crippen LogP contribution in [-0.2, 0) is 14.8 Å². The first-order chi connectivity index (χ1) is 11.3. The number of carbonyl (C=O) groups excluding carboxylic acids is 1. The predicted octanol–water partition coefficient (Wildman–Crippen LogP) is 2.51. The summed E-state index contributed by atoms with van der Waals surface area (Å²) in [5.41, 5.74) is -0.154. The Morgan fingerprint density at radius 2 is 1.88 bits per heavy atom. The summed E-state index contributed by atoms with van der Waals surface area (Å²) in [4.78, 5) is 11.0. The Hall–Kier alpha value is -2.13. The molecule has 0 saturated carbocycles. The molecule has 0 aromatic heterocycles. The van der Waals surface area contributed by atoms with Crippen molar-refractivity contribution in [2.45, 2.75) is 4.90 Å². The third-order valence-electron chi connectivity index (χ3n) is 2.96. The molecule has 6 nitrogen and oxygen atoms in total. The number of hydrogen-bond donors (Lipinski definition) is 2. The highest BCUT2D eigenvalue weighted by molar-refractivity contribution is 9.10. The molecule has 2 aromatic carbocycles. The zero-order chi connectivity index (χ0) is 17.7. The van der Waals surface area contributed by atoms with Crippen molar-refractivity contribution in [3.8, 4) is 5.75 Å². The van der Waals surface area contributed by atoms with Gasteiger partial charge in [0.25, 0.3) is 15.9 Å². The van der Waals surface area contributed by atoms with Crippen LogP contribution in [0, 0.1) is 5.82 Å². The van der Waals surface area contributed by atoms with E-state index >= 15 is 0 Å². The van der Waals surface area contributed by atoms with Crippen LogP contribution >= 0.6 is 15.9 Å². The zero-order valence-corrected chi connectivity index (χ0v) is 14.9. The zero-order valence-electron chi connectivity index (χ0n) is 12.5. The highest BCUT2D eigenvalue weighted by Gasteiger charge is 2.16. The van der Waals surface area contributed by atoms with Crippen molar-refractivity contribution >= 4 is 37.5 Å². The lowest BCUT2D eigenvalue weighted by molar-refractivity contribution is -0.122. The third kappa shape index (κ3) is 4.68. The second-order valence-corrected chi connectivity index (χ2v) is 7.26. The number of carbonyl (C=O) groups is 1. The fourth-order valence-electron chi connectivity index (χ4n) is 1.71. The highest BCUT2D eigenvalue weighted by atomic mass is 79.9. The largest absolute Gasteiger partial charge is 0.484 e. The smallest absolute Gasteiger partial charge is 0.261 e. The second kappa shape index (κ2) is 7.63. The van der Waals surface area contributed by atoms with Crippen molar-refractivity contribution < 1.29 is 22.3 Å². The molecule has 1 amide bonds. The maximum absolute atomic E-state index is 13.8. The maximum Gasteiger partial charge on any atom is 0.261 e. The van der Waals surface area contributed by atoms with E-state index in [1.807, 2.05) is 0 Å². The Morgan fingerprint density at radius 1 is 1.21 bits per heavy atom. The minimum Gasteiger partial charge on any atom is -0.484 e. The molecule has 0 spiro atoms. The Balaban J connectivity index is 2.13. The Kier molecular flexibility index (Phi) is 5.79. The predicted molar refractivity (Wildman–Crippen MR) is 90.9 cm³/mol. The van der Waals surface area contributed by atoms with E-state index in [1.54, 1.807) is 0 Å². The molecule has 24 heavy (non-hydrogen) atoms. The molecule has 0 radical (unpaired) electrons. The van der Waals surface area contributed by atoms with Gasteiger partial charge in [-0.3, -0.25) is 9.52 Å². The SMILES string of the molecule is CNC(=O)COc1ccc(S(=O)(=O)Nc2ccc(Br)cc2F)cc1. The van der Waals surface area contributed by atoms with Crippen molar-refractivity contribution in [3.05, 3.63) is 52.8 Å². The summed E-state index contributed by atoms with van der Waals surface area (Å²) < 4.78 is 46.2. The average Bonchev–Trinajstić information content (AvgIpc) is 2.55. The first-order valence-electron chi connectivity index (χ1n) is 6.73. The molecule has 128 valence electrons. The summed E-state index contributed by atoms with van der Waals surface area (Å²) in [6.45, 7) is -0.176. The molecule has 0 saturated heterocycles. The van der Waals surface area contributed by atoms with Gasteiger partial charge in [-0.2, -0.15) is 0 Å². The monoisotopic (exact) mass is 416 g/mol. The van der Waals surface area contributed by atoms with Crippen molar-refractivity contribution in [2.24, 2.45) is 0 Å². The normalized spacial score (nSPS) is 11.0. The number of halogens is 2. The summed E-state index contributed by atoms with van der Waals surface area (Å²) in [7, 11) is -2.46. The van der Waals surface area contributed by atoms with Crippen LogP contribution < -0.4 is 14.8 Å². The van der Waals surface area contributed by atoms with Crippen LogP contribution in [0.5, 0.6) is 5.75 Å². The molecule has 0 heterocycles. The molecule has 0 unspecified atom stereocenters. The number of anilines is 1. The van der Waals surface area contributed by atoms with Gasteiger partial charge in [-0.15, -0.1) is 0 Å². The van der Waals surface area contributed by atoms with Gasteiger partial charge in [-0.25, -0.2) is 12.8 Å². The van der Waals surface area contributed by atoms with Gasteiger partial charge in [0.1, 0.15) is 11.6 Å². The van der Waals surface area contributed by atoms with Gasteiger partial charge < -0.3 is 10.1 Å². The lowest BCUT2D eigenvalue weighted by atomic mass is 10.3. The molecule has 2 rings (SSSR count). The van der Waals surface area contributed by atoms with Crippen molar-refractivity contribution in [2.75, 3.05) is 18.4 Å². The number of nitrogens with one attached hydrogen (secondary N) is 2. The molecule has 0 aliphatic carbocycles. The molecular weight excluding hydrogens is 403 g/mol. The maximum atomic E-state index is 13.8. The standard InChI is InChI=1S/C15H14BrFN2O4S/c1-18-15(20)9-23-11-3-5-12(6-4-11)24(21,22)19-14-7-2-10(16)8-13(14)17/h2-8,19H,9H2,1H3,(H,18,20). The average molecular weight is 417 g/mol. The molecule has 0 bridgehead atoms. The highest BCUT2D eigenvalue weighted by Crippen LogP contribution is 2.23. The van der Waals surface area contributed by atoms with E-state index in [4.69, 9.17) is 4.74 Å². The van der Waals surface area contributed by atoms with Crippen molar-refractivity contribution in [3.63, 3.8) is 0 Å². The van der Waals surface area contributed by atoms with Gasteiger partial charge in [-0.05, 0) is 42.5 Å². The van der Waals surface area contributed by atoms with Crippen LogP contribution in [-0.4, -0.2) is 28.0 Å². The number of likely N-dealkylation sites (N-methyl/N-ethyl adjacent to an activating group) is 1. The van der Waals surface area contributed by atoms with Crippen LogP contribution in [0.4, 0.5) is 10.1 Å². The number of benzene rings is 2. The number of rotatable bonds is 6. The molecule has 0 aliphatic heterocycles. The number of hydrogen-bond acceptors (Lipinski definition) is 4. The van der Waals surface area contributed by atoms with E-state index in [-0.39, 0.29) is 23.1 Å². The van der Waals surface area contributed by atoms with Crippen LogP contribution in [0.1, 0.15) is 0 Å². The Bertz CT molecular complexity index is 841. The van der Waals surface area contributed by atoms with E-state index in [9.17, 15) is 17.6 Å². The summed E-state index contributed by atoms with van der Waals surface area (Å²) in [6.07, 6.45) is 0. The lowest BCUT2D eigenvalue weighted by Crippen LogP contribution is -2.24. The van der Waals surface area contributed by atoms with Crippen molar-refractivity contribution in [1.29, 1.82) is 0 Å². The summed E-state index contributed by atoms with van der Waals surface area (Å²) >= 11 is 3.10. The number of ether oxygens (including phenoxy) is 1. The van der Waals surface area contributed by atoms with Crippen LogP contribution in [0.25, 0.3) is 0 Å². The quantitative estimate of drug-likeness (QED) is 0.757. The Morgan fingerprint density at radius 3 is 2.46 bits per heavy atom. The van der Waals surface area contributed by atoms with Crippen LogP contribution in [0.15, 0.2) is 51.8 Å². The third-order valence-corrected chi connectivity index (χ3v) is 4.83. The summed E-state index contributed by atoms with van der Waals surface area (Å²) in [5.74, 6) is -0.662. The second-order valence-electron chi connectivity index (χ2n) is 4.66. The van der Waals surface area contributed by atoms with E-state index in [0.29, 0.717) is 10.2 Å². The van der Waals surface area contributed by atoms with Gasteiger partial charge in [0.05, 0.1) is 10.6 Å². The molecule has 2 N–H and O–H groups in total. The molecule has 0 atom stereocenters. The van der Waals surface area contributed by atoms with Gasteiger partial charge in [0, 0.05) is 11.5 Å². The number of amides is 1. The summed E-state index contributed by atoms with van der Waals surface area (Å²) in [6, 6.07) is 9.43.